The summed E-state index contributed by atoms with van der Waals surface area (Å²) in [6.45, 7) is -0.382. The maximum Gasteiger partial charge on any atom is 0.260 e. The van der Waals surface area contributed by atoms with Crippen LogP contribution in [0.4, 0.5) is 5.69 Å². The third kappa shape index (κ3) is 6.15. The Morgan fingerprint density at radius 2 is 1.96 bits per heavy atom. The molecular weight excluding hydrogens is 430 g/mol. The lowest BCUT2D eigenvalue weighted by molar-refractivity contribution is -0.119. The van der Waals surface area contributed by atoms with Gasteiger partial charge in [-0.25, -0.2) is 13.8 Å². The maximum absolute atomic E-state index is 12.0. The Hall–Kier alpha value is -1.90. The number of carbonyl (C=O) groups is 1. The van der Waals surface area contributed by atoms with Crippen molar-refractivity contribution in [3.8, 4) is 0 Å². The minimum absolute atomic E-state index is 0.382. The molecule has 0 fully saturated rings. The number of halogens is 2. The molecule has 0 saturated carbocycles. The summed E-state index contributed by atoms with van der Waals surface area (Å²) >= 11 is 9.14. The molecule has 0 heterocycles. The minimum Gasteiger partial charge on any atom is -0.271 e. The van der Waals surface area contributed by atoms with Crippen LogP contribution in [0.25, 0.3) is 0 Å². The van der Waals surface area contributed by atoms with Crippen LogP contribution >= 0.6 is 27.5 Å². The standard InChI is InChI=1S/C16H15BrClN3O3S/c1-25(23,24)21(15-7-5-13(17)6-8-15)11-16(22)20-19-10-12-3-2-4-14(18)9-12/h2-10H,11H2,1H3,(H,20,22)/b19-10-. The van der Waals surface area contributed by atoms with Gasteiger partial charge >= 0.3 is 0 Å². The van der Waals surface area contributed by atoms with Crippen LogP contribution in [0.2, 0.25) is 5.02 Å². The van der Waals surface area contributed by atoms with Gasteiger partial charge in [0, 0.05) is 9.50 Å². The van der Waals surface area contributed by atoms with Crippen molar-refractivity contribution in [2.24, 2.45) is 5.10 Å². The molecule has 0 bridgehead atoms. The van der Waals surface area contributed by atoms with Crippen LogP contribution < -0.4 is 9.73 Å². The predicted octanol–water partition coefficient (Wildman–Crippen LogP) is 3.02. The van der Waals surface area contributed by atoms with Gasteiger partial charge in [-0.1, -0.05) is 39.7 Å². The third-order valence-electron chi connectivity index (χ3n) is 3.05. The molecule has 0 radical (unpaired) electrons. The number of nitrogens with zero attached hydrogens (tertiary/aromatic N) is 2. The average molecular weight is 445 g/mol. The van der Waals surface area contributed by atoms with E-state index in [-0.39, 0.29) is 6.54 Å². The molecule has 0 unspecified atom stereocenters. The fourth-order valence-corrected chi connectivity index (χ4v) is 3.26. The van der Waals surface area contributed by atoms with Gasteiger partial charge in [0.1, 0.15) is 6.54 Å². The van der Waals surface area contributed by atoms with Gasteiger partial charge in [0.05, 0.1) is 18.2 Å². The molecule has 0 aliphatic rings. The van der Waals surface area contributed by atoms with E-state index in [4.69, 9.17) is 11.6 Å². The van der Waals surface area contributed by atoms with Gasteiger partial charge in [-0.3, -0.25) is 9.10 Å². The molecule has 6 nitrogen and oxygen atoms in total. The van der Waals surface area contributed by atoms with Crippen LogP contribution in [-0.2, 0) is 14.8 Å². The number of nitrogens with one attached hydrogen (secondary N) is 1. The average Bonchev–Trinajstić information content (AvgIpc) is 2.53. The second-order valence-corrected chi connectivity index (χ2v) is 8.35. The van der Waals surface area contributed by atoms with E-state index in [0.29, 0.717) is 16.3 Å². The minimum atomic E-state index is -3.62. The van der Waals surface area contributed by atoms with Crippen LogP contribution in [-0.4, -0.2) is 33.3 Å². The summed E-state index contributed by atoms with van der Waals surface area (Å²) in [5.74, 6) is -0.563. The Labute approximate surface area is 159 Å². The van der Waals surface area contributed by atoms with Gasteiger partial charge in [0.25, 0.3) is 5.91 Å². The van der Waals surface area contributed by atoms with Crippen molar-refractivity contribution in [2.75, 3.05) is 17.1 Å². The van der Waals surface area contributed by atoms with Crippen LogP contribution in [0.3, 0.4) is 0 Å². The van der Waals surface area contributed by atoms with Crippen molar-refractivity contribution < 1.29 is 13.2 Å². The lowest BCUT2D eigenvalue weighted by Gasteiger charge is -2.21. The Kier molecular flexibility index (Phi) is 6.57. The van der Waals surface area contributed by atoms with Gasteiger partial charge < -0.3 is 0 Å². The molecule has 2 aromatic carbocycles. The molecule has 2 rings (SSSR count). The van der Waals surface area contributed by atoms with E-state index in [1.807, 2.05) is 0 Å². The zero-order valence-electron chi connectivity index (χ0n) is 13.2. The molecule has 25 heavy (non-hydrogen) atoms. The maximum atomic E-state index is 12.0. The summed E-state index contributed by atoms with van der Waals surface area (Å²) < 4.78 is 25.7. The normalized spacial score (nSPS) is 11.5. The quantitative estimate of drug-likeness (QED) is 0.549. The SMILES string of the molecule is CS(=O)(=O)N(CC(=O)N/N=C\c1cccc(Cl)c1)c1ccc(Br)cc1. The Morgan fingerprint density at radius 3 is 2.56 bits per heavy atom. The molecule has 0 aliphatic heterocycles. The fraction of sp³-hybridized carbons (Fsp3) is 0.125. The number of sulfonamides is 1. The molecule has 1 N–H and O–H groups in total. The summed E-state index contributed by atoms with van der Waals surface area (Å²) in [6, 6.07) is 13.5. The molecule has 0 saturated heterocycles. The molecule has 0 spiro atoms. The van der Waals surface area contributed by atoms with Crippen LogP contribution in [0.5, 0.6) is 0 Å². The van der Waals surface area contributed by atoms with Crippen molar-refractivity contribution in [3.63, 3.8) is 0 Å². The van der Waals surface area contributed by atoms with Crippen LogP contribution in [0.15, 0.2) is 58.1 Å². The van der Waals surface area contributed by atoms with E-state index in [0.717, 1.165) is 15.0 Å². The highest BCUT2D eigenvalue weighted by Crippen LogP contribution is 2.20. The van der Waals surface area contributed by atoms with E-state index in [9.17, 15) is 13.2 Å². The molecule has 0 aromatic heterocycles. The highest BCUT2D eigenvalue weighted by Gasteiger charge is 2.20. The fourth-order valence-electron chi connectivity index (χ4n) is 1.94. The van der Waals surface area contributed by atoms with Gasteiger partial charge in [-0.2, -0.15) is 5.10 Å². The van der Waals surface area contributed by atoms with Crippen molar-refractivity contribution in [3.05, 3.63) is 63.6 Å². The molecule has 0 aliphatic carbocycles. The second-order valence-electron chi connectivity index (χ2n) is 5.09. The predicted molar refractivity (Wildman–Crippen MR) is 104 cm³/mol. The van der Waals surface area contributed by atoms with Crippen LogP contribution in [0, 0.1) is 0 Å². The van der Waals surface area contributed by atoms with E-state index in [2.05, 4.69) is 26.5 Å². The number of hydrazone groups is 1. The molecule has 0 atom stereocenters. The molecule has 132 valence electrons. The summed E-state index contributed by atoms with van der Waals surface area (Å²) in [6.07, 6.45) is 2.46. The first-order chi connectivity index (χ1) is 11.8. The Morgan fingerprint density at radius 1 is 1.28 bits per heavy atom. The summed E-state index contributed by atoms with van der Waals surface area (Å²) in [7, 11) is -3.62. The van der Waals surface area contributed by atoms with Gasteiger partial charge in [-0.15, -0.1) is 0 Å². The zero-order valence-corrected chi connectivity index (χ0v) is 16.3. The van der Waals surface area contributed by atoms with Crippen molar-refractivity contribution in [1.82, 2.24) is 5.43 Å². The number of carbonyl (C=O) groups excluding carboxylic acids is 1. The van der Waals surface area contributed by atoms with Gasteiger partial charge in [0.2, 0.25) is 10.0 Å². The number of hydrogen-bond donors (Lipinski definition) is 1. The highest BCUT2D eigenvalue weighted by molar-refractivity contribution is 9.10. The smallest absolute Gasteiger partial charge is 0.260 e. The number of amides is 1. The van der Waals surface area contributed by atoms with E-state index in [1.54, 1.807) is 48.5 Å². The van der Waals surface area contributed by atoms with Gasteiger partial charge in [0.15, 0.2) is 0 Å². The molecule has 1 amide bonds. The summed E-state index contributed by atoms with van der Waals surface area (Å²) in [5.41, 5.74) is 3.40. The summed E-state index contributed by atoms with van der Waals surface area (Å²) in [5, 5.41) is 4.36. The lowest BCUT2D eigenvalue weighted by atomic mass is 10.2. The van der Waals surface area contributed by atoms with E-state index >= 15 is 0 Å². The molecule has 2 aromatic rings. The number of rotatable bonds is 6. The highest BCUT2D eigenvalue weighted by atomic mass is 79.9. The van der Waals surface area contributed by atoms with E-state index in [1.165, 1.54) is 6.21 Å². The summed E-state index contributed by atoms with van der Waals surface area (Å²) in [4.78, 5) is 12.0. The van der Waals surface area contributed by atoms with Crippen molar-refractivity contribution in [2.45, 2.75) is 0 Å². The van der Waals surface area contributed by atoms with Crippen molar-refractivity contribution in [1.29, 1.82) is 0 Å². The topological polar surface area (TPSA) is 78.8 Å². The monoisotopic (exact) mass is 443 g/mol. The third-order valence-corrected chi connectivity index (χ3v) is 4.96. The number of benzene rings is 2. The second kappa shape index (κ2) is 8.46. The lowest BCUT2D eigenvalue weighted by Crippen LogP contribution is -2.38. The van der Waals surface area contributed by atoms with Crippen LogP contribution in [0.1, 0.15) is 5.56 Å². The largest absolute Gasteiger partial charge is 0.271 e. The zero-order chi connectivity index (χ0) is 18.4. The Bertz CT molecular complexity index is 886. The molecule has 9 heteroatoms. The molecular formula is C16H15BrClN3O3S. The Balaban J connectivity index is 2.06. The number of anilines is 1. The van der Waals surface area contributed by atoms with E-state index < -0.39 is 15.9 Å². The van der Waals surface area contributed by atoms with Gasteiger partial charge in [-0.05, 0) is 42.0 Å². The first-order valence-electron chi connectivity index (χ1n) is 7.06. The first-order valence-corrected chi connectivity index (χ1v) is 10.1. The number of hydrogen-bond acceptors (Lipinski definition) is 4. The first kappa shape index (κ1) is 19.4. The van der Waals surface area contributed by atoms with Crippen molar-refractivity contribution >= 4 is 55.4 Å².